The van der Waals surface area contributed by atoms with Gasteiger partial charge in [0.05, 0.1) is 10.9 Å². The number of para-hydroxylation sites is 2. The molecule has 8 nitrogen and oxygen atoms in total. The summed E-state index contributed by atoms with van der Waals surface area (Å²) in [5.74, 6) is 0.164. The molecule has 0 bridgehead atoms. The smallest absolute Gasteiger partial charge is 0.341 e. The van der Waals surface area contributed by atoms with Gasteiger partial charge < -0.3 is 9.50 Å². The van der Waals surface area contributed by atoms with Gasteiger partial charge >= 0.3 is 16.1 Å². The quantitative estimate of drug-likeness (QED) is 0.647. The van der Waals surface area contributed by atoms with Crippen molar-refractivity contribution in [3.63, 3.8) is 0 Å². The lowest BCUT2D eigenvalue weighted by Gasteiger charge is -2.22. The van der Waals surface area contributed by atoms with Gasteiger partial charge in [-0.25, -0.2) is 17.9 Å². The van der Waals surface area contributed by atoms with Gasteiger partial charge in [-0.05, 0) is 43.5 Å². The van der Waals surface area contributed by atoms with E-state index in [1.807, 2.05) is 4.72 Å². The summed E-state index contributed by atoms with van der Waals surface area (Å²) in [6.45, 7) is 1.71. The van der Waals surface area contributed by atoms with Crippen LogP contribution in [0.3, 0.4) is 0 Å². The minimum absolute atomic E-state index is 0.0811. The Morgan fingerprint density at radius 2 is 1.57 bits per heavy atom. The van der Waals surface area contributed by atoms with Gasteiger partial charge in [0, 0.05) is 0 Å². The van der Waals surface area contributed by atoms with Gasteiger partial charge in [0.25, 0.3) is 0 Å². The predicted molar refractivity (Wildman–Crippen MR) is 113 cm³/mol. The number of benzene rings is 2. The van der Waals surface area contributed by atoms with Gasteiger partial charge in [-0.2, -0.15) is 8.42 Å². The SMILES string of the molecule is Cc1ccccc1OS(=O)(=O)c1ccccc1NC(=O)NS(=O)(=O)C1CCCCC1. The minimum Gasteiger partial charge on any atom is -0.379 e. The van der Waals surface area contributed by atoms with Gasteiger partial charge in [-0.1, -0.05) is 49.6 Å². The number of hydrogen-bond acceptors (Lipinski definition) is 6. The molecule has 1 aliphatic rings. The van der Waals surface area contributed by atoms with Gasteiger partial charge in [0.2, 0.25) is 10.0 Å². The highest BCUT2D eigenvalue weighted by Crippen LogP contribution is 2.27. The second-order valence-corrected chi connectivity index (χ2v) is 10.6. The molecule has 0 heterocycles. The van der Waals surface area contributed by atoms with E-state index in [0.29, 0.717) is 18.4 Å². The highest BCUT2D eigenvalue weighted by molar-refractivity contribution is 7.90. The molecule has 10 heteroatoms. The van der Waals surface area contributed by atoms with Crippen molar-refractivity contribution >= 4 is 31.9 Å². The van der Waals surface area contributed by atoms with Crippen LogP contribution in [0.25, 0.3) is 0 Å². The third-order valence-corrected chi connectivity index (χ3v) is 8.04. The summed E-state index contributed by atoms with van der Waals surface area (Å²) in [5.41, 5.74) is 0.547. The number of rotatable bonds is 6. The third-order valence-electron chi connectivity index (χ3n) is 4.92. The van der Waals surface area contributed by atoms with E-state index in [1.54, 1.807) is 25.1 Å². The Labute approximate surface area is 176 Å². The molecule has 2 aromatic rings. The first-order valence-corrected chi connectivity index (χ1v) is 12.6. The maximum atomic E-state index is 12.8. The number of urea groups is 1. The van der Waals surface area contributed by atoms with Crippen molar-refractivity contribution in [2.24, 2.45) is 0 Å². The lowest BCUT2D eigenvalue weighted by Crippen LogP contribution is -2.41. The molecule has 0 spiro atoms. The van der Waals surface area contributed by atoms with Crippen LogP contribution in [-0.4, -0.2) is 28.1 Å². The molecule has 2 aromatic carbocycles. The number of amides is 2. The summed E-state index contributed by atoms with van der Waals surface area (Å²) >= 11 is 0. The molecule has 1 aliphatic carbocycles. The van der Waals surface area contributed by atoms with E-state index in [2.05, 4.69) is 5.32 Å². The standard InChI is InChI=1S/C20H24N2O6S2/c1-15-9-5-7-13-18(15)28-30(26,27)19-14-8-6-12-17(19)21-20(23)22-29(24,25)16-10-3-2-4-11-16/h5-9,12-14,16H,2-4,10-11H2,1H3,(H2,21,22,23). The fourth-order valence-electron chi connectivity index (χ4n) is 3.34. The first-order chi connectivity index (χ1) is 14.2. The van der Waals surface area contributed by atoms with Crippen LogP contribution in [0.2, 0.25) is 0 Å². The number of aryl methyl sites for hydroxylation is 1. The maximum absolute atomic E-state index is 12.8. The summed E-state index contributed by atoms with van der Waals surface area (Å²) in [7, 11) is -8.12. The number of carbonyl (C=O) groups is 1. The molecule has 30 heavy (non-hydrogen) atoms. The van der Waals surface area contributed by atoms with Gasteiger partial charge in [-0.15, -0.1) is 0 Å². The monoisotopic (exact) mass is 452 g/mol. The van der Waals surface area contributed by atoms with Crippen molar-refractivity contribution < 1.29 is 25.8 Å². The molecule has 3 rings (SSSR count). The van der Waals surface area contributed by atoms with E-state index in [4.69, 9.17) is 4.18 Å². The van der Waals surface area contributed by atoms with Crippen LogP contribution in [0.15, 0.2) is 53.4 Å². The lowest BCUT2D eigenvalue weighted by molar-refractivity contribution is 0.256. The molecule has 0 unspecified atom stereocenters. The molecule has 162 valence electrons. The molecule has 0 saturated heterocycles. The van der Waals surface area contributed by atoms with Crippen molar-refractivity contribution in [3.8, 4) is 5.75 Å². The molecular weight excluding hydrogens is 428 g/mol. The van der Waals surface area contributed by atoms with E-state index in [9.17, 15) is 21.6 Å². The van der Waals surface area contributed by atoms with E-state index >= 15 is 0 Å². The van der Waals surface area contributed by atoms with E-state index in [1.165, 1.54) is 30.3 Å². The molecule has 0 atom stereocenters. The van der Waals surface area contributed by atoms with Crippen molar-refractivity contribution in [2.75, 3.05) is 5.32 Å². The Morgan fingerprint density at radius 1 is 0.933 bits per heavy atom. The van der Waals surface area contributed by atoms with Crippen molar-refractivity contribution in [1.82, 2.24) is 4.72 Å². The summed E-state index contributed by atoms with van der Waals surface area (Å²) in [6.07, 6.45) is 3.56. The third kappa shape index (κ3) is 5.31. The van der Waals surface area contributed by atoms with E-state index in [0.717, 1.165) is 19.3 Å². The fourth-order valence-corrected chi connectivity index (χ4v) is 5.91. The Hall–Kier alpha value is -2.59. The Bertz CT molecular complexity index is 1120. The zero-order chi connectivity index (χ0) is 21.8. The van der Waals surface area contributed by atoms with Crippen molar-refractivity contribution in [3.05, 3.63) is 54.1 Å². The Morgan fingerprint density at radius 3 is 2.27 bits per heavy atom. The first-order valence-electron chi connectivity index (χ1n) is 9.61. The first kappa shape index (κ1) is 22.1. The number of carbonyl (C=O) groups excluding carboxylic acids is 1. The van der Waals surface area contributed by atoms with Gasteiger partial charge in [0.15, 0.2) is 0 Å². The highest BCUT2D eigenvalue weighted by Gasteiger charge is 2.29. The number of anilines is 1. The maximum Gasteiger partial charge on any atom is 0.341 e. The second kappa shape index (κ2) is 9.05. The predicted octanol–water partition coefficient (Wildman–Crippen LogP) is 3.55. The summed E-state index contributed by atoms with van der Waals surface area (Å²) < 4.78 is 57.6. The van der Waals surface area contributed by atoms with Crippen LogP contribution in [0.1, 0.15) is 37.7 Å². The van der Waals surface area contributed by atoms with E-state index in [-0.39, 0.29) is 16.3 Å². The van der Waals surface area contributed by atoms with Crippen LogP contribution in [0, 0.1) is 6.92 Å². The number of hydrogen-bond donors (Lipinski definition) is 2. The van der Waals surface area contributed by atoms with E-state index < -0.39 is 31.4 Å². The second-order valence-electron chi connectivity index (χ2n) is 7.16. The zero-order valence-electron chi connectivity index (χ0n) is 16.5. The van der Waals surface area contributed by atoms with Crippen LogP contribution >= 0.6 is 0 Å². The summed E-state index contributed by atoms with van der Waals surface area (Å²) in [4.78, 5) is 12.0. The molecular formula is C20H24N2O6S2. The largest absolute Gasteiger partial charge is 0.379 e. The molecule has 2 N–H and O–H groups in total. The Kier molecular flexibility index (Phi) is 6.67. The molecule has 2 amide bonds. The summed E-state index contributed by atoms with van der Waals surface area (Å²) in [5, 5.41) is 1.70. The molecule has 1 saturated carbocycles. The molecule has 1 fully saturated rings. The number of sulfonamides is 1. The zero-order valence-corrected chi connectivity index (χ0v) is 18.1. The molecule has 0 aromatic heterocycles. The minimum atomic E-state index is -4.27. The van der Waals surface area contributed by atoms with Crippen molar-refractivity contribution in [2.45, 2.75) is 49.2 Å². The average molecular weight is 453 g/mol. The van der Waals surface area contributed by atoms with Gasteiger partial charge in [-0.3, -0.25) is 0 Å². The fraction of sp³-hybridized carbons (Fsp3) is 0.350. The van der Waals surface area contributed by atoms with Crippen LogP contribution < -0.4 is 14.2 Å². The molecule has 0 radical (unpaired) electrons. The van der Waals surface area contributed by atoms with Gasteiger partial charge in [0.1, 0.15) is 10.6 Å². The van der Waals surface area contributed by atoms with Crippen LogP contribution in [0.5, 0.6) is 5.75 Å². The topological polar surface area (TPSA) is 119 Å². The molecule has 0 aliphatic heterocycles. The average Bonchev–Trinajstić information content (AvgIpc) is 2.70. The highest BCUT2D eigenvalue weighted by atomic mass is 32.2. The number of nitrogens with one attached hydrogen (secondary N) is 2. The lowest BCUT2D eigenvalue weighted by atomic mass is 10.0. The van der Waals surface area contributed by atoms with Crippen LogP contribution in [0.4, 0.5) is 10.5 Å². The van der Waals surface area contributed by atoms with Crippen molar-refractivity contribution in [1.29, 1.82) is 0 Å². The summed E-state index contributed by atoms with van der Waals surface area (Å²) in [6, 6.07) is 11.3. The van der Waals surface area contributed by atoms with Crippen LogP contribution in [-0.2, 0) is 20.1 Å². The normalized spacial score (nSPS) is 15.4. The Balaban J connectivity index is 1.78.